The summed E-state index contributed by atoms with van der Waals surface area (Å²) < 4.78 is 15.7. The summed E-state index contributed by atoms with van der Waals surface area (Å²) in [6.45, 7) is 2.25. The minimum atomic E-state index is -0.580. The highest BCUT2D eigenvalue weighted by molar-refractivity contribution is 6.37. The van der Waals surface area contributed by atoms with Crippen LogP contribution in [0.2, 0.25) is 10.0 Å². The van der Waals surface area contributed by atoms with Gasteiger partial charge in [0.05, 0.1) is 16.7 Å². The highest BCUT2D eigenvalue weighted by Gasteiger charge is 2.10. The SMILES string of the molecule is CCOc1ccc(C(=O)NCC(=O)OCCOc2c(Cl)cccc2Cl)cc1. The maximum Gasteiger partial charge on any atom is 0.325 e. The van der Waals surface area contributed by atoms with Crippen LogP contribution in [0.3, 0.4) is 0 Å². The van der Waals surface area contributed by atoms with Gasteiger partial charge in [-0.3, -0.25) is 9.59 Å². The summed E-state index contributed by atoms with van der Waals surface area (Å²) in [5, 5.41) is 3.23. The van der Waals surface area contributed by atoms with E-state index in [2.05, 4.69) is 5.32 Å². The topological polar surface area (TPSA) is 73.9 Å². The lowest BCUT2D eigenvalue weighted by molar-refractivity contribution is -0.143. The molecular formula is C19H19Cl2NO5. The van der Waals surface area contributed by atoms with E-state index in [-0.39, 0.29) is 25.7 Å². The van der Waals surface area contributed by atoms with Gasteiger partial charge in [0.2, 0.25) is 0 Å². The second kappa shape index (κ2) is 10.6. The Kier molecular flexibility index (Phi) is 8.23. The van der Waals surface area contributed by atoms with Crippen molar-refractivity contribution in [3.05, 3.63) is 58.1 Å². The molecule has 0 fully saturated rings. The van der Waals surface area contributed by atoms with E-state index in [4.69, 9.17) is 37.4 Å². The molecule has 0 aromatic heterocycles. The Morgan fingerprint density at radius 3 is 2.26 bits per heavy atom. The Hall–Kier alpha value is -2.44. The zero-order valence-corrected chi connectivity index (χ0v) is 16.2. The molecule has 0 heterocycles. The summed E-state index contributed by atoms with van der Waals surface area (Å²) in [6, 6.07) is 11.6. The number of nitrogens with one attached hydrogen (secondary N) is 1. The number of rotatable bonds is 9. The first kappa shape index (κ1) is 20.9. The van der Waals surface area contributed by atoms with Crippen molar-refractivity contribution in [1.29, 1.82) is 0 Å². The average molecular weight is 412 g/mol. The molecule has 0 unspecified atom stereocenters. The standard InChI is InChI=1S/C19H19Cl2NO5/c1-2-25-14-8-6-13(7-9-14)19(24)22-12-17(23)26-10-11-27-18-15(20)4-3-5-16(18)21/h3-9H,2,10-12H2,1H3,(H,22,24). The van der Waals surface area contributed by atoms with E-state index in [9.17, 15) is 9.59 Å². The lowest BCUT2D eigenvalue weighted by Gasteiger charge is -2.10. The summed E-state index contributed by atoms with van der Waals surface area (Å²) in [6.07, 6.45) is 0. The first-order chi connectivity index (χ1) is 13.0. The molecule has 2 rings (SSSR count). The van der Waals surface area contributed by atoms with Gasteiger partial charge in [0, 0.05) is 5.56 Å². The van der Waals surface area contributed by atoms with Gasteiger partial charge < -0.3 is 19.5 Å². The molecule has 2 aromatic carbocycles. The van der Waals surface area contributed by atoms with E-state index in [0.29, 0.717) is 33.7 Å². The van der Waals surface area contributed by atoms with Crippen LogP contribution in [0.25, 0.3) is 0 Å². The average Bonchev–Trinajstić information content (AvgIpc) is 2.66. The number of esters is 1. The molecule has 0 radical (unpaired) electrons. The van der Waals surface area contributed by atoms with Crippen LogP contribution in [0.5, 0.6) is 11.5 Å². The van der Waals surface area contributed by atoms with Crippen molar-refractivity contribution in [3.8, 4) is 11.5 Å². The highest BCUT2D eigenvalue weighted by Crippen LogP contribution is 2.32. The number of hydrogen-bond donors (Lipinski definition) is 1. The molecular weight excluding hydrogens is 393 g/mol. The van der Waals surface area contributed by atoms with E-state index >= 15 is 0 Å². The second-order valence-electron chi connectivity index (χ2n) is 5.26. The van der Waals surface area contributed by atoms with Gasteiger partial charge in [0.1, 0.15) is 25.5 Å². The third-order valence-electron chi connectivity index (χ3n) is 3.33. The van der Waals surface area contributed by atoms with Gasteiger partial charge in [-0.15, -0.1) is 0 Å². The first-order valence-electron chi connectivity index (χ1n) is 8.24. The van der Waals surface area contributed by atoms with Crippen LogP contribution in [-0.2, 0) is 9.53 Å². The monoisotopic (exact) mass is 411 g/mol. The van der Waals surface area contributed by atoms with Crippen molar-refractivity contribution < 1.29 is 23.8 Å². The second-order valence-corrected chi connectivity index (χ2v) is 6.07. The fourth-order valence-corrected chi connectivity index (χ4v) is 2.60. The number of para-hydroxylation sites is 1. The summed E-state index contributed by atoms with van der Waals surface area (Å²) >= 11 is 11.9. The van der Waals surface area contributed by atoms with Crippen LogP contribution in [0.15, 0.2) is 42.5 Å². The van der Waals surface area contributed by atoms with Crippen LogP contribution in [0.1, 0.15) is 17.3 Å². The number of ether oxygens (including phenoxy) is 3. The first-order valence-corrected chi connectivity index (χ1v) is 9.00. The van der Waals surface area contributed by atoms with Crippen molar-refractivity contribution >= 4 is 35.1 Å². The van der Waals surface area contributed by atoms with Crippen molar-refractivity contribution in [3.63, 3.8) is 0 Å². The van der Waals surface area contributed by atoms with Gasteiger partial charge in [-0.25, -0.2) is 0 Å². The Bertz CT molecular complexity index is 760. The molecule has 1 N–H and O–H groups in total. The van der Waals surface area contributed by atoms with Crippen LogP contribution in [0, 0.1) is 0 Å². The van der Waals surface area contributed by atoms with Crippen molar-refractivity contribution in [2.75, 3.05) is 26.4 Å². The number of benzene rings is 2. The number of halogens is 2. The predicted octanol–water partition coefficient (Wildman–Crippen LogP) is 3.74. The zero-order valence-electron chi connectivity index (χ0n) is 14.7. The minimum absolute atomic E-state index is 0.000685. The molecule has 0 aliphatic rings. The van der Waals surface area contributed by atoms with Gasteiger partial charge in [-0.05, 0) is 43.3 Å². The van der Waals surface area contributed by atoms with Crippen molar-refractivity contribution in [2.45, 2.75) is 6.92 Å². The molecule has 0 spiro atoms. The molecule has 8 heteroatoms. The molecule has 0 aliphatic carbocycles. The lowest BCUT2D eigenvalue weighted by Crippen LogP contribution is -2.31. The Morgan fingerprint density at radius 1 is 0.963 bits per heavy atom. The molecule has 0 saturated heterocycles. The van der Waals surface area contributed by atoms with Gasteiger partial charge in [-0.2, -0.15) is 0 Å². The number of carbonyl (C=O) groups is 2. The lowest BCUT2D eigenvalue weighted by atomic mass is 10.2. The molecule has 0 saturated carbocycles. The van der Waals surface area contributed by atoms with Crippen LogP contribution < -0.4 is 14.8 Å². The maximum atomic E-state index is 12.0. The molecule has 2 aromatic rings. The van der Waals surface area contributed by atoms with Gasteiger partial charge in [-0.1, -0.05) is 29.3 Å². The molecule has 0 atom stereocenters. The zero-order chi connectivity index (χ0) is 19.6. The molecule has 144 valence electrons. The van der Waals surface area contributed by atoms with E-state index in [1.54, 1.807) is 42.5 Å². The van der Waals surface area contributed by atoms with Crippen LogP contribution in [0.4, 0.5) is 0 Å². The molecule has 1 amide bonds. The third-order valence-corrected chi connectivity index (χ3v) is 3.93. The van der Waals surface area contributed by atoms with Gasteiger partial charge >= 0.3 is 5.97 Å². The third kappa shape index (κ3) is 6.66. The highest BCUT2D eigenvalue weighted by atomic mass is 35.5. The minimum Gasteiger partial charge on any atom is -0.494 e. The number of hydrogen-bond acceptors (Lipinski definition) is 5. The summed E-state index contributed by atoms with van der Waals surface area (Å²) in [4.78, 5) is 23.7. The van der Waals surface area contributed by atoms with Crippen molar-refractivity contribution in [1.82, 2.24) is 5.32 Å². The molecule has 0 bridgehead atoms. The number of amides is 1. The molecule has 27 heavy (non-hydrogen) atoms. The largest absolute Gasteiger partial charge is 0.494 e. The van der Waals surface area contributed by atoms with E-state index in [1.165, 1.54) is 0 Å². The van der Waals surface area contributed by atoms with E-state index < -0.39 is 5.97 Å². The Morgan fingerprint density at radius 2 is 1.63 bits per heavy atom. The fourth-order valence-electron chi connectivity index (χ4n) is 2.09. The Labute approximate surface area is 167 Å². The summed E-state index contributed by atoms with van der Waals surface area (Å²) in [5.41, 5.74) is 0.419. The smallest absolute Gasteiger partial charge is 0.325 e. The Balaban J connectivity index is 1.69. The molecule has 0 aliphatic heterocycles. The predicted molar refractivity (Wildman–Crippen MR) is 103 cm³/mol. The van der Waals surface area contributed by atoms with Gasteiger partial charge in [0.15, 0.2) is 5.75 Å². The number of carbonyl (C=O) groups excluding carboxylic acids is 2. The fraction of sp³-hybridized carbons (Fsp3) is 0.263. The van der Waals surface area contributed by atoms with Gasteiger partial charge in [0.25, 0.3) is 5.91 Å². The summed E-state index contributed by atoms with van der Waals surface area (Å²) in [7, 11) is 0. The van der Waals surface area contributed by atoms with E-state index in [0.717, 1.165) is 0 Å². The van der Waals surface area contributed by atoms with Crippen LogP contribution >= 0.6 is 23.2 Å². The quantitative estimate of drug-likeness (QED) is 0.502. The maximum absolute atomic E-state index is 12.0. The molecule has 6 nitrogen and oxygen atoms in total. The summed E-state index contributed by atoms with van der Waals surface area (Å²) in [5.74, 6) is 0.0463. The van der Waals surface area contributed by atoms with E-state index in [1.807, 2.05) is 6.92 Å². The van der Waals surface area contributed by atoms with Crippen molar-refractivity contribution in [2.24, 2.45) is 0 Å². The normalized spacial score (nSPS) is 10.2. The van der Waals surface area contributed by atoms with Crippen LogP contribution in [-0.4, -0.2) is 38.2 Å².